The topological polar surface area (TPSA) is 124 Å². The van der Waals surface area contributed by atoms with Gasteiger partial charge in [-0.15, -0.1) is 0 Å². The van der Waals surface area contributed by atoms with Crippen molar-refractivity contribution in [3.8, 4) is 6.07 Å². The largest absolute Gasteiger partial charge is 0.378 e. The summed E-state index contributed by atoms with van der Waals surface area (Å²) in [5.74, 6) is 0.466. The van der Waals surface area contributed by atoms with Gasteiger partial charge in [0.15, 0.2) is 0 Å². The Kier molecular flexibility index (Phi) is 9.03. The summed E-state index contributed by atoms with van der Waals surface area (Å²) >= 11 is 0. The number of likely N-dealkylation sites (tertiary alicyclic amines) is 1. The summed E-state index contributed by atoms with van der Waals surface area (Å²) in [7, 11) is 7.47. The van der Waals surface area contributed by atoms with Crippen LogP contribution in [-0.4, -0.2) is 89.2 Å². The van der Waals surface area contributed by atoms with Crippen molar-refractivity contribution in [3.63, 3.8) is 0 Å². The summed E-state index contributed by atoms with van der Waals surface area (Å²) in [6, 6.07) is 14.6. The number of benzene rings is 2. The lowest BCUT2D eigenvalue weighted by atomic mass is 9.67. The number of carbonyl (C=O) groups excluding carboxylic acids is 1. The van der Waals surface area contributed by atoms with Crippen LogP contribution >= 0.6 is 0 Å². The zero-order valence-electron chi connectivity index (χ0n) is 27.0. The van der Waals surface area contributed by atoms with E-state index in [1.165, 1.54) is 0 Å². The molecule has 0 bridgehead atoms. The molecule has 1 fully saturated rings. The van der Waals surface area contributed by atoms with Crippen LogP contribution in [0.3, 0.4) is 0 Å². The molecule has 45 heavy (non-hydrogen) atoms. The van der Waals surface area contributed by atoms with Gasteiger partial charge < -0.3 is 20.0 Å². The van der Waals surface area contributed by atoms with Crippen LogP contribution in [0.5, 0.6) is 0 Å². The molecule has 2 aromatic carbocycles. The molecular formula is C35H44N8O2. The number of fused-ring (bicyclic) bond motifs is 2. The molecule has 236 valence electrons. The number of aryl methyl sites for hydroxylation is 2. The van der Waals surface area contributed by atoms with Crippen LogP contribution in [0.25, 0.3) is 5.70 Å². The third-order valence-corrected chi connectivity index (χ3v) is 9.30. The number of H-pyrrole nitrogens is 2. The molecule has 0 saturated carbocycles. The van der Waals surface area contributed by atoms with Crippen molar-refractivity contribution < 1.29 is 4.79 Å². The first-order valence-electron chi connectivity index (χ1n) is 15.5. The van der Waals surface area contributed by atoms with Crippen LogP contribution in [0.2, 0.25) is 0 Å². The number of carbonyl (C=O) groups is 1. The summed E-state index contributed by atoms with van der Waals surface area (Å²) in [5.41, 5.74) is 6.49. The Morgan fingerprint density at radius 2 is 1.76 bits per heavy atom. The Morgan fingerprint density at radius 3 is 2.33 bits per heavy atom. The molecule has 1 saturated heterocycles. The summed E-state index contributed by atoms with van der Waals surface area (Å²) < 4.78 is 0. The van der Waals surface area contributed by atoms with E-state index in [0.717, 1.165) is 65.0 Å². The van der Waals surface area contributed by atoms with Crippen LogP contribution in [-0.2, 0) is 18.3 Å². The minimum atomic E-state index is -0.839. The number of hydrogen-bond donors (Lipinski definition) is 3. The fourth-order valence-corrected chi connectivity index (χ4v) is 6.93. The van der Waals surface area contributed by atoms with E-state index in [1.54, 1.807) is 19.0 Å². The maximum absolute atomic E-state index is 13.0. The first-order chi connectivity index (χ1) is 21.5. The highest BCUT2D eigenvalue weighted by atomic mass is 16.2. The van der Waals surface area contributed by atoms with Crippen LogP contribution < -0.4 is 11.0 Å². The molecule has 3 atom stereocenters. The third kappa shape index (κ3) is 6.05. The van der Waals surface area contributed by atoms with Crippen molar-refractivity contribution in [2.75, 3.05) is 41.3 Å². The third-order valence-electron chi connectivity index (χ3n) is 9.30. The van der Waals surface area contributed by atoms with Crippen LogP contribution in [0, 0.1) is 11.3 Å². The normalized spacial score (nSPS) is 19.6. The maximum atomic E-state index is 13.0. The van der Waals surface area contributed by atoms with Gasteiger partial charge in [-0.3, -0.25) is 9.78 Å². The monoisotopic (exact) mass is 608 g/mol. The zero-order valence-corrected chi connectivity index (χ0v) is 27.0. The minimum Gasteiger partial charge on any atom is -0.378 e. The van der Waals surface area contributed by atoms with Crippen molar-refractivity contribution in [1.82, 2.24) is 35.2 Å². The van der Waals surface area contributed by atoms with E-state index in [2.05, 4.69) is 69.7 Å². The molecule has 2 unspecified atom stereocenters. The number of nitrogens with one attached hydrogen (secondary N) is 3. The second-order valence-electron chi connectivity index (χ2n) is 12.7. The Morgan fingerprint density at radius 1 is 1.11 bits per heavy atom. The number of hydrogen-bond acceptors (Lipinski definition) is 7. The summed E-state index contributed by atoms with van der Waals surface area (Å²) in [6.07, 6.45) is 3.87. The molecule has 3 aromatic rings. The van der Waals surface area contributed by atoms with Crippen molar-refractivity contribution in [3.05, 3.63) is 105 Å². The van der Waals surface area contributed by atoms with Crippen LogP contribution in [0.15, 0.2) is 60.0 Å². The molecule has 5 rings (SSSR count). The predicted octanol–water partition coefficient (Wildman–Crippen LogP) is 3.63. The lowest BCUT2D eigenvalue weighted by Gasteiger charge is -2.37. The molecule has 3 N–H and O–H groups in total. The van der Waals surface area contributed by atoms with Crippen molar-refractivity contribution >= 4 is 11.6 Å². The quantitative estimate of drug-likeness (QED) is 0.321. The summed E-state index contributed by atoms with van der Waals surface area (Å²) in [4.78, 5) is 34.4. The standard InChI is InChI=1S/C35H44N8O2/c1-22(37-21-23(2)43-16-8-9-29(43)20-36)19-35(33-38-34(45)40-39-33)30-14-12-25(24(3)41(4)5)17-26(30)10-11-27-18-28(13-15-31(27)35)32(44)42(6)7/h12-15,17-18,22,29,37H,2-3,8-11,16,19,21H2,1,4-7H3,(H2,38,39,40,45)/t22-,29?,35?/m0/s1. The zero-order chi connectivity index (χ0) is 32.5. The van der Waals surface area contributed by atoms with Gasteiger partial charge in [0.2, 0.25) is 0 Å². The Hall–Kier alpha value is -4.62. The first-order valence-corrected chi connectivity index (χ1v) is 15.5. The van der Waals surface area contributed by atoms with E-state index in [0.29, 0.717) is 30.8 Å². The van der Waals surface area contributed by atoms with Crippen molar-refractivity contribution in [1.29, 1.82) is 5.26 Å². The molecule has 2 aliphatic rings. The fraction of sp³-hybridized carbons (Fsp3) is 0.429. The van der Waals surface area contributed by atoms with Crippen molar-refractivity contribution in [2.45, 2.75) is 56.5 Å². The molecular weight excluding hydrogens is 564 g/mol. The minimum absolute atomic E-state index is 0.0524. The lowest BCUT2D eigenvalue weighted by molar-refractivity contribution is 0.0827. The lowest BCUT2D eigenvalue weighted by Crippen LogP contribution is -2.42. The number of aromatic amines is 2. The average molecular weight is 609 g/mol. The van der Waals surface area contributed by atoms with E-state index in [4.69, 9.17) is 0 Å². The first kappa shape index (κ1) is 31.8. The second kappa shape index (κ2) is 12.8. The van der Waals surface area contributed by atoms with E-state index in [1.807, 2.05) is 37.2 Å². The van der Waals surface area contributed by atoms with Gasteiger partial charge in [0.25, 0.3) is 5.91 Å². The Balaban J connectivity index is 1.63. The predicted molar refractivity (Wildman–Crippen MR) is 177 cm³/mol. The number of nitrogens with zero attached hydrogens (tertiary/aromatic N) is 5. The van der Waals surface area contributed by atoms with Gasteiger partial charge in [0, 0.05) is 64.3 Å². The van der Waals surface area contributed by atoms with Crippen LogP contribution in [0.4, 0.5) is 0 Å². The molecule has 0 radical (unpaired) electrons. The molecule has 1 amide bonds. The highest BCUT2D eigenvalue weighted by Crippen LogP contribution is 2.47. The fourth-order valence-electron chi connectivity index (χ4n) is 6.93. The van der Waals surface area contributed by atoms with E-state index in [9.17, 15) is 14.9 Å². The van der Waals surface area contributed by atoms with Gasteiger partial charge in [-0.05, 0) is 85.0 Å². The number of nitriles is 1. The molecule has 10 nitrogen and oxygen atoms in total. The molecule has 1 aliphatic heterocycles. The SMILES string of the molecule is C=C(c1ccc2c(c1)CCc1cc(C(=O)N(C)C)ccc1C2(C[C@H](C)NCC(=C)N1CCCC1C#N)c1n[nH]c(=O)[nH]1)N(C)C. The van der Waals surface area contributed by atoms with Gasteiger partial charge in [0.1, 0.15) is 11.9 Å². The van der Waals surface area contributed by atoms with E-state index >= 15 is 0 Å². The number of aromatic nitrogens is 3. The number of rotatable bonds is 10. The number of amides is 1. The van der Waals surface area contributed by atoms with Gasteiger partial charge in [-0.25, -0.2) is 9.89 Å². The van der Waals surface area contributed by atoms with E-state index in [-0.39, 0.29) is 23.7 Å². The molecule has 0 spiro atoms. The molecule has 2 heterocycles. The molecule has 10 heteroatoms. The summed E-state index contributed by atoms with van der Waals surface area (Å²) in [5, 5.41) is 20.4. The maximum Gasteiger partial charge on any atom is 0.340 e. The van der Waals surface area contributed by atoms with Gasteiger partial charge >= 0.3 is 5.69 Å². The average Bonchev–Trinajstić information content (AvgIpc) is 3.67. The van der Waals surface area contributed by atoms with Crippen molar-refractivity contribution in [2.24, 2.45) is 0 Å². The Labute approximate surface area is 265 Å². The van der Waals surface area contributed by atoms with Crippen LogP contribution in [0.1, 0.15) is 70.2 Å². The highest BCUT2D eigenvalue weighted by Gasteiger charge is 2.45. The van der Waals surface area contributed by atoms with Gasteiger partial charge in [-0.2, -0.15) is 10.4 Å². The Bertz CT molecular complexity index is 1640. The summed E-state index contributed by atoms with van der Waals surface area (Å²) in [6.45, 7) is 12.1. The van der Waals surface area contributed by atoms with Gasteiger partial charge in [-0.1, -0.05) is 31.4 Å². The van der Waals surface area contributed by atoms with E-state index < -0.39 is 5.41 Å². The smallest absolute Gasteiger partial charge is 0.340 e. The molecule has 1 aromatic heterocycles. The van der Waals surface area contributed by atoms with Gasteiger partial charge in [0.05, 0.1) is 11.5 Å². The highest BCUT2D eigenvalue weighted by molar-refractivity contribution is 5.94. The second-order valence-corrected chi connectivity index (χ2v) is 12.7. The molecule has 1 aliphatic carbocycles.